The largest absolute Gasteiger partial charge is 0.334 e. The van der Waals surface area contributed by atoms with Crippen LogP contribution in [0.5, 0.6) is 0 Å². The monoisotopic (exact) mass is 402 g/mol. The molecule has 27 heavy (non-hydrogen) atoms. The Morgan fingerprint density at radius 3 is 2.74 bits per heavy atom. The van der Waals surface area contributed by atoms with E-state index in [-0.39, 0.29) is 6.03 Å². The summed E-state index contributed by atoms with van der Waals surface area (Å²) in [5.74, 6) is 1.11. The smallest absolute Gasteiger partial charge is 0.322 e. The van der Waals surface area contributed by atoms with Crippen molar-refractivity contribution in [3.63, 3.8) is 0 Å². The van der Waals surface area contributed by atoms with Crippen LogP contribution in [0.2, 0.25) is 10.0 Å². The normalized spacial score (nSPS) is 13.4. The zero-order valence-corrected chi connectivity index (χ0v) is 16.0. The summed E-state index contributed by atoms with van der Waals surface area (Å²) in [4.78, 5) is 18.6. The van der Waals surface area contributed by atoms with Gasteiger partial charge in [-0.15, -0.1) is 0 Å². The summed E-state index contributed by atoms with van der Waals surface area (Å²) in [6.07, 6.45) is 0.755. The van der Waals surface area contributed by atoms with Crippen LogP contribution in [0.3, 0.4) is 0 Å². The molecule has 3 aromatic rings. The maximum atomic E-state index is 12.6. The number of aryl methyl sites for hydroxylation is 1. The van der Waals surface area contributed by atoms with Crippen molar-refractivity contribution in [2.24, 2.45) is 0 Å². The number of fused-ring (bicyclic) bond motifs is 1. The maximum absolute atomic E-state index is 12.6. The topological polar surface area (TPSA) is 71.3 Å². The van der Waals surface area contributed by atoms with Gasteiger partial charge < -0.3 is 14.7 Å². The van der Waals surface area contributed by atoms with Crippen LogP contribution < -0.4 is 5.32 Å². The number of urea groups is 1. The van der Waals surface area contributed by atoms with Gasteiger partial charge in [-0.3, -0.25) is 0 Å². The fraction of sp³-hybridized carbons (Fsp3) is 0.211. The Bertz CT molecular complexity index is 1020. The summed E-state index contributed by atoms with van der Waals surface area (Å²) in [5, 5.41) is 7.55. The number of nitrogens with zero attached hydrogens (tertiary/aromatic N) is 3. The fourth-order valence-electron chi connectivity index (χ4n) is 3.05. The van der Waals surface area contributed by atoms with Crippen molar-refractivity contribution in [3.8, 4) is 11.5 Å². The number of carbonyl (C=O) groups excluding carboxylic acids is 1. The minimum atomic E-state index is -0.171. The summed E-state index contributed by atoms with van der Waals surface area (Å²) in [6, 6.07) is 10.8. The highest BCUT2D eigenvalue weighted by Gasteiger charge is 2.22. The first-order chi connectivity index (χ1) is 13.0. The van der Waals surface area contributed by atoms with Crippen LogP contribution >= 0.6 is 23.2 Å². The van der Waals surface area contributed by atoms with Gasteiger partial charge in [0.05, 0.1) is 10.0 Å². The quantitative estimate of drug-likeness (QED) is 0.658. The van der Waals surface area contributed by atoms with Crippen molar-refractivity contribution in [2.45, 2.75) is 19.9 Å². The lowest BCUT2D eigenvalue weighted by molar-refractivity contribution is 0.206. The molecule has 0 saturated carbocycles. The first-order valence-electron chi connectivity index (χ1n) is 8.43. The van der Waals surface area contributed by atoms with Crippen LogP contribution in [0.4, 0.5) is 10.5 Å². The van der Waals surface area contributed by atoms with Crippen LogP contribution in [0.25, 0.3) is 11.5 Å². The van der Waals surface area contributed by atoms with Gasteiger partial charge in [0, 0.05) is 24.3 Å². The second-order valence-corrected chi connectivity index (χ2v) is 7.18. The van der Waals surface area contributed by atoms with Gasteiger partial charge in [0.25, 0.3) is 5.89 Å². The molecule has 0 aliphatic carbocycles. The van der Waals surface area contributed by atoms with Crippen LogP contribution in [0, 0.1) is 6.92 Å². The Kier molecular flexibility index (Phi) is 4.76. The van der Waals surface area contributed by atoms with E-state index in [0.717, 1.165) is 17.5 Å². The molecule has 2 amide bonds. The molecule has 1 aromatic heterocycles. The number of benzene rings is 2. The summed E-state index contributed by atoms with van der Waals surface area (Å²) >= 11 is 11.9. The highest BCUT2D eigenvalue weighted by Crippen LogP contribution is 2.27. The van der Waals surface area contributed by atoms with E-state index in [1.54, 1.807) is 30.0 Å². The molecule has 4 rings (SSSR count). The Morgan fingerprint density at radius 1 is 1.15 bits per heavy atom. The van der Waals surface area contributed by atoms with E-state index in [9.17, 15) is 4.79 Å². The number of anilines is 1. The van der Waals surface area contributed by atoms with Gasteiger partial charge >= 0.3 is 6.03 Å². The van der Waals surface area contributed by atoms with Crippen LogP contribution in [0.1, 0.15) is 17.0 Å². The number of hydrogen-bond acceptors (Lipinski definition) is 4. The predicted molar refractivity (Wildman–Crippen MR) is 104 cm³/mol. The Hall–Kier alpha value is -2.57. The molecule has 2 aromatic carbocycles. The lowest BCUT2D eigenvalue weighted by Crippen LogP contribution is -2.38. The first-order valence-corrected chi connectivity index (χ1v) is 9.18. The Balaban J connectivity index is 1.47. The molecule has 2 heterocycles. The van der Waals surface area contributed by atoms with Crippen LogP contribution in [-0.2, 0) is 13.0 Å². The zero-order chi connectivity index (χ0) is 19.0. The van der Waals surface area contributed by atoms with Crippen molar-refractivity contribution < 1.29 is 9.32 Å². The lowest BCUT2D eigenvalue weighted by atomic mass is 9.97. The van der Waals surface area contributed by atoms with Crippen molar-refractivity contribution in [3.05, 3.63) is 63.4 Å². The number of rotatable bonds is 2. The summed E-state index contributed by atoms with van der Waals surface area (Å²) < 4.78 is 5.23. The number of nitrogens with one attached hydrogen (secondary N) is 1. The van der Waals surface area contributed by atoms with Crippen molar-refractivity contribution in [1.29, 1.82) is 0 Å². The molecule has 0 saturated heterocycles. The van der Waals surface area contributed by atoms with Gasteiger partial charge in [-0.1, -0.05) is 34.4 Å². The molecule has 0 atom stereocenters. The summed E-state index contributed by atoms with van der Waals surface area (Å²) in [5.41, 5.74) is 3.79. The van der Waals surface area contributed by atoms with E-state index in [4.69, 9.17) is 27.7 Å². The molecule has 0 unspecified atom stereocenters. The molecule has 1 aliphatic heterocycles. The maximum Gasteiger partial charge on any atom is 0.322 e. The van der Waals surface area contributed by atoms with Crippen molar-refractivity contribution >= 4 is 34.9 Å². The molecule has 1 aliphatic rings. The Labute approximate surface area is 166 Å². The third-order valence-corrected chi connectivity index (χ3v) is 5.19. The predicted octanol–water partition coefficient (Wildman–Crippen LogP) is 4.94. The van der Waals surface area contributed by atoms with Crippen LogP contribution in [-0.4, -0.2) is 27.6 Å². The number of aromatic nitrogens is 2. The van der Waals surface area contributed by atoms with Gasteiger partial charge in [-0.2, -0.15) is 4.98 Å². The number of halogens is 2. The highest BCUT2D eigenvalue weighted by molar-refractivity contribution is 6.42. The number of carbonyl (C=O) groups is 1. The fourth-order valence-corrected chi connectivity index (χ4v) is 3.35. The second-order valence-electron chi connectivity index (χ2n) is 6.36. The van der Waals surface area contributed by atoms with Crippen LogP contribution in [0.15, 0.2) is 40.9 Å². The van der Waals surface area contributed by atoms with E-state index in [1.807, 2.05) is 12.1 Å². The summed E-state index contributed by atoms with van der Waals surface area (Å²) in [6.45, 7) is 2.94. The zero-order valence-electron chi connectivity index (χ0n) is 14.5. The number of hydrogen-bond donors (Lipinski definition) is 1. The molecule has 6 nitrogen and oxygen atoms in total. The molecular formula is C19H16Cl2N4O2. The molecule has 0 radical (unpaired) electrons. The van der Waals surface area contributed by atoms with E-state index < -0.39 is 0 Å². The molecule has 0 spiro atoms. The second kappa shape index (κ2) is 7.21. The average molecular weight is 403 g/mol. The van der Waals surface area contributed by atoms with Gasteiger partial charge in [-0.05, 0) is 54.8 Å². The number of amides is 2. The van der Waals surface area contributed by atoms with Crippen molar-refractivity contribution in [1.82, 2.24) is 15.0 Å². The minimum Gasteiger partial charge on any atom is -0.334 e. The Morgan fingerprint density at radius 2 is 2.00 bits per heavy atom. The molecule has 8 heteroatoms. The van der Waals surface area contributed by atoms with E-state index in [2.05, 4.69) is 21.5 Å². The van der Waals surface area contributed by atoms with Crippen molar-refractivity contribution in [2.75, 3.05) is 11.9 Å². The summed E-state index contributed by atoms with van der Waals surface area (Å²) in [7, 11) is 0. The third kappa shape index (κ3) is 3.77. The highest BCUT2D eigenvalue weighted by atomic mass is 35.5. The first kappa shape index (κ1) is 17.8. The molecule has 0 bridgehead atoms. The minimum absolute atomic E-state index is 0.171. The third-order valence-electron chi connectivity index (χ3n) is 4.45. The molecule has 138 valence electrons. The van der Waals surface area contributed by atoms with Gasteiger partial charge in [0.15, 0.2) is 5.82 Å². The SMILES string of the molecule is Cc1noc(-c2ccc3c(c2)CCN(C(=O)Nc2ccc(Cl)c(Cl)c2)C3)n1. The molecule has 0 fully saturated rings. The van der Waals surface area contributed by atoms with Gasteiger partial charge in [-0.25, -0.2) is 4.79 Å². The van der Waals surface area contributed by atoms with Gasteiger partial charge in [0.1, 0.15) is 0 Å². The van der Waals surface area contributed by atoms with E-state index in [0.29, 0.717) is 40.5 Å². The van der Waals surface area contributed by atoms with E-state index in [1.165, 1.54) is 5.56 Å². The standard InChI is InChI=1S/C19H16Cl2N4O2/c1-11-22-18(27-24-11)13-2-3-14-10-25(7-6-12(14)8-13)19(26)23-15-4-5-16(20)17(21)9-15/h2-5,8-9H,6-7,10H2,1H3,(H,23,26). The molecule has 1 N–H and O–H groups in total. The lowest BCUT2D eigenvalue weighted by Gasteiger charge is -2.29. The van der Waals surface area contributed by atoms with Gasteiger partial charge in [0.2, 0.25) is 0 Å². The average Bonchev–Trinajstić information content (AvgIpc) is 3.10. The van der Waals surface area contributed by atoms with E-state index >= 15 is 0 Å². The molecular weight excluding hydrogens is 387 g/mol.